The van der Waals surface area contributed by atoms with E-state index in [1.807, 2.05) is 39.2 Å². The Kier molecular flexibility index (Phi) is 2.41. The van der Waals surface area contributed by atoms with Crippen LogP contribution in [-0.4, -0.2) is 24.1 Å². The lowest BCUT2D eigenvalue weighted by molar-refractivity contribution is 1.24. The van der Waals surface area contributed by atoms with Gasteiger partial charge in [0.05, 0.1) is 11.0 Å². The van der Waals surface area contributed by atoms with E-state index >= 15 is 0 Å². The molecule has 0 fully saturated rings. The Hall–Kier alpha value is -1.84. The largest absolute Gasteiger partial charge is 0.370 e. The summed E-state index contributed by atoms with van der Waals surface area (Å²) in [4.78, 5) is 8.96. The molecule has 0 aliphatic rings. The lowest BCUT2D eigenvalue weighted by Gasteiger charge is -2.08. The van der Waals surface area contributed by atoms with E-state index in [-0.39, 0.29) is 0 Å². The van der Waals surface area contributed by atoms with E-state index in [2.05, 4.69) is 20.6 Å². The first-order valence-corrected chi connectivity index (χ1v) is 4.88. The van der Waals surface area contributed by atoms with Crippen LogP contribution in [0.3, 0.4) is 0 Å². The molecule has 1 aromatic carbocycles. The Bertz CT molecular complexity index is 493. The zero-order valence-corrected chi connectivity index (χ0v) is 9.13. The summed E-state index contributed by atoms with van der Waals surface area (Å²) in [5.74, 6) is 1.55. The van der Waals surface area contributed by atoms with Gasteiger partial charge in [0.15, 0.2) is 11.6 Å². The van der Waals surface area contributed by atoms with Crippen molar-refractivity contribution in [2.24, 2.45) is 0 Å². The van der Waals surface area contributed by atoms with E-state index < -0.39 is 0 Å². The first-order valence-electron chi connectivity index (χ1n) is 4.88. The molecule has 0 unspecified atom stereocenters. The van der Waals surface area contributed by atoms with Crippen LogP contribution in [0.4, 0.5) is 11.6 Å². The predicted octanol–water partition coefficient (Wildman–Crippen LogP) is 2.02. The van der Waals surface area contributed by atoms with Crippen LogP contribution in [0.25, 0.3) is 11.0 Å². The van der Waals surface area contributed by atoms with Gasteiger partial charge in [0, 0.05) is 14.1 Å². The monoisotopic (exact) mass is 202 g/mol. The van der Waals surface area contributed by atoms with E-state index in [4.69, 9.17) is 0 Å². The minimum Gasteiger partial charge on any atom is -0.370 e. The lowest BCUT2D eigenvalue weighted by atomic mass is 10.2. The Balaban J connectivity index is 2.69. The number of nitrogens with zero attached hydrogens (tertiary/aromatic N) is 2. The Morgan fingerprint density at radius 3 is 2.13 bits per heavy atom. The zero-order chi connectivity index (χ0) is 10.8. The molecule has 0 atom stereocenters. The molecule has 1 aromatic heterocycles. The third-order valence-corrected chi connectivity index (χ3v) is 2.29. The SMILES string of the molecule is CNc1nc2ccc(C)cc2nc1NC. The molecule has 0 radical (unpaired) electrons. The van der Waals surface area contributed by atoms with Crippen LogP contribution in [0.2, 0.25) is 0 Å². The number of anilines is 2. The topological polar surface area (TPSA) is 49.8 Å². The normalized spacial score (nSPS) is 10.3. The summed E-state index contributed by atoms with van der Waals surface area (Å²) in [6, 6.07) is 6.05. The molecule has 78 valence electrons. The molecule has 4 nitrogen and oxygen atoms in total. The molecule has 0 saturated carbocycles. The van der Waals surface area contributed by atoms with Gasteiger partial charge in [-0.1, -0.05) is 6.07 Å². The predicted molar refractivity (Wildman–Crippen MR) is 63.4 cm³/mol. The van der Waals surface area contributed by atoms with Crippen molar-refractivity contribution >= 4 is 22.7 Å². The molecule has 0 aliphatic heterocycles. The number of fused-ring (bicyclic) bond motifs is 1. The Morgan fingerprint density at radius 2 is 1.53 bits per heavy atom. The van der Waals surface area contributed by atoms with Crippen molar-refractivity contribution in [3.63, 3.8) is 0 Å². The highest BCUT2D eigenvalue weighted by Gasteiger charge is 2.05. The summed E-state index contributed by atoms with van der Waals surface area (Å²) < 4.78 is 0. The van der Waals surface area contributed by atoms with Crippen molar-refractivity contribution < 1.29 is 0 Å². The van der Waals surface area contributed by atoms with Gasteiger partial charge in [-0.05, 0) is 24.6 Å². The van der Waals surface area contributed by atoms with Crippen molar-refractivity contribution in [2.75, 3.05) is 24.7 Å². The van der Waals surface area contributed by atoms with Crippen molar-refractivity contribution in [2.45, 2.75) is 6.92 Å². The van der Waals surface area contributed by atoms with E-state index in [9.17, 15) is 0 Å². The van der Waals surface area contributed by atoms with Gasteiger partial charge in [-0.25, -0.2) is 9.97 Å². The van der Waals surface area contributed by atoms with Crippen LogP contribution in [0, 0.1) is 6.92 Å². The van der Waals surface area contributed by atoms with E-state index in [1.54, 1.807) is 0 Å². The molecule has 15 heavy (non-hydrogen) atoms. The molecule has 0 saturated heterocycles. The molecule has 2 rings (SSSR count). The maximum atomic E-state index is 4.49. The lowest BCUT2D eigenvalue weighted by Crippen LogP contribution is -2.02. The third kappa shape index (κ3) is 1.70. The van der Waals surface area contributed by atoms with Gasteiger partial charge in [-0.2, -0.15) is 0 Å². The average molecular weight is 202 g/mol. The minimum absolute atomic E-state index is 0.772. The zero-order valence-electron chi connectivity index (χ0n) is 9.13. The Labute approximate surface area is 88.7 Å². The van der Waals surface area contributed by atoms with Crippen molar-refractivity contribution in [3.8, 4) is 0 Å². The van der Waals surface area contributed by atoms with Crippen LogP contribution >= 0.6 is 0 Å². The second kappa shape index (κ2) is 3.73. The molecule has 0 aliphatic carbocycles. The third-order valence-electron chi connectivity index (χ3n) is 2.29. The van der Waals surface area contributed by atoms with Gasteiger partial charge >= 0.3 is 0 Å². The fourth-order valence-corrected chi connectivity index (χ4v) is 1.51. The van der Waals surface area contributed by atoms with Crippen LogP contribution < -0.4 is 10.6 Å². The van der Waals surface area contributed by atoms with Gasteiger partial charge in [-0.3, -0.25) is 0 Å². The molecule has 4 heteroatoms. The number of hydrogen-bond donors (Lipinski definition) is 2. The fourth-order valence-electron chi connectivity index (χ4n) is 1.51. The standard InChI is InChI=1S/C11H14N4/c1-7-4-5-8-9(6-7)15-11(13-3)10(12-2)14-8/h4-6H,1-3H3,(H,12,14)(H,13,15). The Morgan fingerprint density at radius 1 is 0.933 bits per heavy atom. The van der Waals surface area contributed by atoms with Gasteiger partial charge in [0.1, 0.15) is 0 Å². The van der Waals surface area contributed by atoms with Crippen LogP contribution in [0.1, 0.15) is 5.56 Å². The smallest absolute Gasteiger partial charge is 0.169 e. The molecule has 0 spiro atoms. The molecule has 2 aromatic rings. The maximum Gasteiger partial charge on any atom is 0.169 e. The average Bonchev–Trinajstić information content (AvgIpc) is 2.27. The highest BCUT2D eigenvalue weighted by molar-refractivity contribution is 5.80. The fraction of sp³-hybridized carbons (Fsp3) is 0.273. The highest BCUT2D eigenvalue weighted by atomic mass is 15.1. The second-order valence-corrected chi connectivity index (χ2v) is 3.41. The summed E-state index contributed by atoms with van der Waals surface area (Å²) in [6.07, 6.45) is 0. The molecular weight excluding hydrogens is 188 g/mol. The van der Waals surface area contributed by atoms with Crippen molar-refractivity contribution in [3.05, 3.63) is 23.8 Å². The molecule has 1 heterocycles. The van der Waals surface area contributed by atoms with Crippen LogP contribution in [-0.2, 0) is 0 Å². The van der Waals surface area contributed by atoms with E-state index in [1.165, 1.54) is 5.56 Å². The van der Waals surface area contributed by atoms with Gasteiger partial charge < -0.3 is 10.6 Å². The molecule has 0 bridgehead atoms. The number of benzene rings is 1. The summed E-state index contributed by atoms with van der Waals surface area (Å²) in [6.45, 7) is 2.05. The van der Waals surface area contributed by atoms with E-state index in [0.717, 1.165) is 22.7 Å². The second-order valence-electron chi connectivity index (χ2n) is 3.41. The minimum atomic E-state index is 0.772. The molecule has 0 amide bonds. The number of rotatable bonds is 2. The number of aryl methyl sites for hydroxylation is 1. The first-order chi connectivity index (χ1) is 7.24. The van der Waals surface area contributed by atoms with Crippen molar-refractivity contribution in [1.29, 1.82) is 0 Å². The van der Waals surface area contributed by atoms with Crippen molar-refractivity contribution in [1.82, 2.24) is 9.97 Å². The summed E-state index contributed by atoms with van der Waals surface area (Å²) >= 11 is 0. The quantitative estimate of drug-likeness (QED) is 0.782. The summed E-state index contributed by atoms with van der Waals surface area (Å²) in [7, 11) is 3.68. The molecule has 2 N–H and O–H groups in total. The van der Waals surface area contributed by atoms with Crippen LogP contribution in [0.5, 0.6) is 0 Å². The number of hydrogen-bond acceptors (Lipinski definition) is 4. The number of aromatic nitrogens is 2. The number of nitrogens with one attached hydrogen (secondary N) is 2. The van der Waals surface area contributed by atoms with E-state index in [0.29, 0.717) is 0 Å². The van der Waals surface area contributed by atoms with Crippen LogP contribution in [0.15, 0.2) is 18.2 Å². The van der Waals surface area contributed by atoms with Gasteiger partial charge in [0.2, 0.25) is 0 Å². The maximum absolute atomic E-state index is 4.49. The van der Waals surface area contributed by atoms with Gasteiger partial charge in [-0.15, -0.1) is 0 Å². The molecular formula is C11H14N4. The van der Waals surface area contributed by atoms with Gasteiger partial charge in [0.25, 0.3) is 0 Å². The summed E-state index contributed by atoms with van der Waals surface area (Å²) in [5.41, 5.74) is 3.01. The summed E-state index contributed by atoms with van der Waals surface area (Å²) in [5, 5.41) is 6.04. The first kappa shape index (κ1) is 9.71. The highest BCUT2D eigenvalue weighted by Crippen LogP contribution is 2.20.